The summed E-state index contributed by atoms with van der Waals surface area (Å²) in [4.78, 5) is 80.4. The van der Waals surface area contributed by atoms with E-state index in [1.54, 1.807) is 29.3 Å². The normalized spacial score (nSPS) is 22.8. The number of hydrogen-bond donors (Lipinski definition) is 2. The second-order valence-corrected chi connectivity index (χ2v) is 16.3. The molecule has 314 valence electrons. The molecular formula is C43H49FN10O6. The molecule has 6 heterocycles. The third kappa shape index (κ3) is 7.91. The molecule has 1 unspecified atom stereocenters. The van der Waals surface area contributed by atoms with Crippen LogP contribution in [0.1, 0.15) is 65.8 Å². The highest BCUT2D eigenvalue weighted by atomic mass is 19.1. The molecule has 6 amide bonds. The average Bonchev–Trinajstić information content (AvgIpc) is 3.49. The summed E-state index contributed by atoms with van der Waals surface area (Å²) in [5.41, 5.74) is 2.52. The molecule has 4 saturated heterocycles. The van der Waals surface area contributed by atoms with E-state index in [4.69, 9.17) is 9.72 Å². The lowest BCUT2D eigenvalue weighted by molar-refractivity contribution is -0.136. The summed E-state index contributed by atoms with van der Waals surface area (Å²) in [5, 5.41) is 14.5. The molecule has 2 aromatic carbocycles. The van der Waals surface area contributed by atoms with Crippen LogP contribution in [0, 0.1) is 23.1 Å². The monoisotopic (exact) mass is 820 g/mol. The number of urea groups is 1. The Balaban J connectivity index is 0.781. The SMILES string of the molecule is COc1cc(N2C[C@@H](C)N(C(=O)Nc3ccc(N4CCC(CN5CCN(c6ccc7c(c6)C(=O)N(C6CCC(=O)NC6=O)C7=O)CC5)CC4)nc3)C[C@@H]2C)cc(F)c1C#N. The number of hydrogen-bond acceptors (Lipinski definition) is 12. The second kappa shape index (κ2) is 16.8. The van der Waals surface area contributed by atoms with E-state index in [9.17, 15) is 33.6 Å². The molecule has 0 radical (unpaired) electrons. The van der Waals surface area contributed by atoms with Crippen molar-refractivity contribution in [3.05, 3.63) is 71.2 Å². The van der Waals surface area contributed by atoms with Crippen LogP contribution in [0.25, 0.3) is 0 Å². The predicted molar refractivity (Wildman–Crippen MR) is 221 cm³/mol. The third-order valence-electron chi connectivity index (χ3n) is 12.6. The maximum Gasteiger partial charge on any atom is 0.322 e. The summed E-state index contributed by atoms with van der Waals surface area (Å²) < 4.78 is 19.9. The van der Waals surface area contributed by atoms with Crippen LogP contribution in [0.4, 0.5) is 32.1 Å². The number of nitriles is 1. The van der Waals surface area contributed by atoms with Crippen LogP contribution in [0.3, 0.4) is 0 Å². The summed E-state index contributed by atoms with van der Waals surface area (Å²) in [6, 6.07) is 12.5. The summed E-state index contributed by atoms with van der Waals surface area (Å²) in [5.74, 6) is -1.05. The maximum atomic E-state index is 14.7. The van der Waals surface area contributed by atoms with E-state index in [1.807, 2.05) is 43.0 Å². The Morgan fingerprint density at radius 3 is 2.33 bits per heavy atom. The third-order valence-corrected chi connectivity index (χ3v) is 12.6. The van der Waals surface area contributed by atoms with Crippen molar-refractivity contribution in [2.75, 3.05) is 86.0 Å². The highest BCUT2D eigenvalue weighted by molar-refractivity contribution is 6.23. The minimum atomic E-state index is -0.982. The molecule has 17 heteroatoms. The molecule has 60 heavy (non-hydrogen) atoms. The van der Waals surface area contributed by atoms with Gasteiger partial charge in [-0.3, -0.25) is 34.3 Å². The number of ether oxygens (including phenoxy) is 1. The predicted octanol–water partition coefficient (Wildman–Crippen LogP) is 3.67. The summed E-state index contributed by atoms with van der Waals surface area (Å²) in [6.07, 6.45) is 3.98. The van der Waals surface area contributed by atoms with E-state index in [1.165, 1.54) is 13.2 Å². The smallest absolute Gasteiger partial charge is 0.322 e. The minimum Gasteiger partial charge on any atom is -0.495 e. The number of aromatic nitrogens is 1. The van der Waals surface area contributed by atoms with Gasteiger partial charge in [0.25, 0.3) is 11.8 Å². The second-order valence-electron chi connectivity index (χ2n) is 16.3. The van der Waals surface area contributed by atoms with Gasteiger partial charge in [0.15, 0.2) is 0 Å². The first kappa shape index (κ1) is 40.5. The number of amides is 6. The zero-order chi connectivity index (χ0) is 42.2. The average molecular weight is 821 g/mol. The molecule has 0 aliphatic carbocycles. The van der Waals surface area contributed by atoms with Crippen LogP contribution >= 0.6 is 0 Å². The number of pyridine rings is 1. The number of methoxy groups -OCH3 is 1. The Hall–Kier alpha value is -6.28. The number of imide groups is 2. The Kier molecular flexibility index (Phi) is 11.3. The lowest BCUT2D eigenvalue weighted by atomic mass is 9.96. The number of fused-ring (bicyclic) bond motifs is 1. The molecule has 5 aliphatic heterocycles. The lowest BCUT2D eigenvalue weighted by Gasteiger charge is -2.45. The van der Waals surface area contributed by atoms with E-state index >= 15 is 0 Å². The van der Waals surface area contributed by atoms with Crippen LogP contribution in [-0.4, -0.2) is 133 Å². The van der Waals surface area contributed by atoms with Crippen LogP contribution in [0.5, 0.6) is 5.75 Å². The Labute approximate surface area is 347 Å². The molecule has 16 nitrogen and oxygen atoms in total. The number of nitrogens with zero attached hydrogens (tertiary/aromatic N) is 8. The number of halogens is 1. The van der Waals surface area contributed by atoms with Crippen molar-refractivity contribution in [3.63, 3.8) is 0 Å². The maximum absolute atomic E-state index is 14.7. The van der Waals surface area contributed by atoms with Crippen molar-refractivity contribution in [2.45, 2.75) is 57.7 Å². The molecular weight excluding hydrogens is 772 g/mol. The van der Waals surface area contributed by atoms with E-state index in [0.717, 1.165) is 75.1 Å². The molecule has 0 saturated carbocycles. The highest BCUT2D eigenvalue weighted by Crippen LogP contribution is 2.33. The Bertz CT molecular complexity index is 2230. The topological polar surface area (TPSA) is 175 Å². The van der Waals surface area contributed by atoms with Crippen LogP contribution in [-0.2, 0) is 9.59 Å². The summed E-state index contributed by atoms with van der Waals surface area (Å²) in [6.45, 7) is 10.9. The summed E-state index contributed by atoms with van der Waals surface area (Å²) >= 11 is 0. The number of rotatable bonds is 8. The van der Waals surface area contributed by atoms with Gasteiger partial charge in [-0.05, 0) is 75.4 Å². The van der Waals surface area contributed by atoms with E-state index in [0.29, 0.717) is 35.9 Å². The van der Waals surface area contributed by atoms with Crippen molar-refractivity contribution in [1.82, 2.24) is 25.0 Å². The van der Waals surface area contributed by atoms with Gasteiger partial charge in [0.1, 0.15) is 35.1 Å². The van der Waals surface area contributed by atoms with Gasteiger partial charge in [-0.25, -0.2) is 14.2 Å². The van der Waals surface area contributed by atoms with Gasteiger partial charge in [-0.15, -0.1) is 0 Å². The minimum absolute atomic E-state index is 0.0837. The van der Waals surface area contributed by atoms with Crippen LogP contribution < -0.4 is 30.1 Å². The molecule has 2 N–H and O–H groups in total. The van der Waals surface area contributed by atoms with Gasteiger partial charge < -0.3 is 29.7 Å². The first-order valence-electron chi connectivity index (χ1n) is 20.6. The van der Waals surface area contributed by atoms with E-state index in [2.05, 4.69) is 25.3 Å². The van der Waals surface area contributed by atoms with Gasteiger partial charge in [-0.2, -0.15) is 5.26 Å². The van der Waals surface area contributed by atoms with E-state index in [-0.39, 0.29) is 47.8 Å². The van der Waals surface area contributed by atoms with Crippen molar-refractivity contribution in [1.29, 1.82) is 5.26 Å². The number of carbonyl (C=O) groups is 5. The largest absolute Gasteiger partial charge is 0.495 e. The number of anilines is 4. The number of benzene rings is 2. The lowest BCUT2D eigenvalue weighted by Crippen LogP contribution is -2.59. The molecule has 0 bridgehead atoms. The van der Waals surface area contributed by atoms with Crippen LogP contribution in [0.15, 0.2) is 48.7 Å². The van der Waals surface area contributed by atoms with Crippen molar-refractivity contribution in [2.24, 2.45) is 5.92 Å². The Morgan fingerprint density at radius 1 is 0.900 bits per heavy atom. The summed E-state index contributed by atoms with van der Waals surface area (Å²) in [7, 11) is 1.41. The number of piperidine rings is 2. The van der Waals surface area contributed by atoms with Gasteiger partial charge >= 0.3 is 6.03 Å². The number of carbonyl (C=O) groups excluding carboxylic acids is 5. The molecule has 1 aromatic heterocycles. The molecule has 5 aliphatic rings. The molecule has 4 fully saturated rings. The van der Waals surface area contributed by atoms with Crippen molar-refractivity contribution in [3.8, 4) is 11.8 Å². The van der Waals surface area contributed by atoms with Crippen LogP contribution in [0.2, 0.25) is 0 Å². The highest BCUT2D eigenvalue weighted by Gasteiger charge is 2.45. The van der Waals surface area contributed by atoms with Gasteiger partial charge in [0, 0.05) is 94.8 Å². The molecule has 3 atom stereocenters. The molecule has 3 aromatic rings. The zero-order valence-corrected chi connectivity index (χ0v) is 34.0. The molecule has 8 rings (SSSR count). The van der Waals surface area contributed by atoms with Gasteiger partial charge in [0.05, 0.1) is 30.1 Å². The first-order valence-corrected chi connectivity index (χ1v) is 20.6. The zero-order valence-electron chi connectivity index (χ0n) is 34.0. The number of piperazine rings is 2. The Morgan fingerprint density at radius 2 is 1.65 bits per heavy atom. The van der Waals surface area contributed by atoms with Crippen molar-refractivity contribution >= 4 is 52.5 Å². The first-order chi connectivity index (χ1) is 28.9. The van der Waals surface area contributed by atoms with Gasteiger partial charge in [0.2, 0.25) is 11.8 Å². The van der Waals surface area contributed by atoms with Gasteiger partial charge in [-0.1, -0.05) is 0 Å². The fourth-order valence-corrected chi connectivity index (χ4v) is 9.17. The van der Waals surface area contributed by atoms with E-state index < -0.39 is 35.5 Å². The fraction of sp³-hybridized carbons (Fsp3) is 0.465. The molecule has 0 spiro atoms. The standard InChI is InChI=1S/C43H49FN10O6/c1-26-24-53(27(2)23-52(26)31-19-35(44)34(21-45)37(20-31)60-3)43(59)47-29-4-8-38(46-22-29)51-12-10-28(11-13-51)25-49-14-16-50(17-15-49)30-5-6-32-33(18-30)42(58)54(41(32)57)36-7-9-39(55)48-40(36)56/h4-6,8,18-20,22,26-28,36H,7,9-17,23-25H2,1-3H3,(H,47,59)(H,48,55,56)/t26-,27+,36?/m0/s1. The quantitative estimate of drug-likeness (QED) is 0.316. The number of nitrogens with one attached hydrogen (secondary N) is 2. The van der Waals surface area contributed by atoms with Crippen molar-refractivity contribution < 1.29 is 33.1 Å². The fourth-order valence-electron chi connectivity index (χ4n) is 9.17.